The van der Waals surface area contributed by atoms with Gasteiger partial charge in [0.25, 0.3) is 0 Å². The summed E-state index contributed by atoms with van der Waals surface area (Å²) in [4.78, 5) is 0. The van der Waals surface area contributed by atoms with Crippen LogP contribution in [0.2, 0.25) is 0 Å². The normalized spacial score (nSPS) is 25.1. The van der Waals surface area contributed by atoms with Crippen molar-refractivity contribution in [3.05, 3.63) is 11.4 Å². The molecule has 0 saturated heterocycles. The van der Waals surface area contributed by atoms with Gasteiger partial charge >= 0.3 is 0 Å². The summed E-state index contributed by atoms with van der Waals surface area (Å²) in [7, 11) is 0. The van der Waals surface area contributed by atoms with Gasteiger partial charge in [0.15, 0.2) is 0 Å². The second kappa shape index (κ2) is 5.08. The highest BCUT2D eigenvalue weighted by molar-refractivity contribution is 5.48. The van der Waals surface area contributed by atoms with Gasteiger partial charge in [-0.2, -0.15) is 5.10 Å². The first-order valence-corrected chi connectivity index (χ1v) is 6.72. The standard InChI is InChI=1S/C13H23N3O/c1-3-9-13(14)10(4-2)16(15-9)11-7-5-6-8-12(11)17/h11-12,17H,3-8,14H2,1-2H3. The number of nitrogens with two attached hydrogens (primary N) is 1. The van der Waals surface area contributed by atoms with Crippen molar-refractivity contribution in [2.24, 2.45) is 0 Å². The number of anilines is 1. The van der Waals surface area contributed by atoms with Crippen molar-refractivity contribution in [2.75, 3.05) is 5.73 Å². The van der Waals surface area contributed by atoms with E-state index in [9.17, 15) is 5.11 Å². The molecule has 0 spiro atoms. The SMILES string of the molecule is CCc1nn(C2CCCCC2O)c(CC)c1N. The van der Waals surface area contributed by atoms with Gasteiger partial charge in [-0.1, -0.05) is 26.7 Å². The molecular formula is C13H23N3O. The molecule has 17 heavy (non-hydrogen) atoms. The molecule has 2 atom stereocenters. The topological polar surface area (TPSA) is 64.1 Å². The number of aliphatic hydroxyl groups is 1. The fourth-order valence-corrected chi connectivity index (χ4v) is 2.80. The van der Waals surface area contributed by atoms with Gasteiger partial charge in [0, 0.05) is 0 Å². The van der Waals surface area contributed by atoms with Crippen molar-refractivity contribution in [3.8, 4) is 0 Å². The first kappa shape index (κ1) is 12.4. The molecule has 1 saturated carbocycles. The molecule has 3 N–H and O–H groups in total. The molecule has 0 radical (unpaired) electrons. The Morgan fingerprint density at radius 2 is 2.00 bits per heavy atom. The number of hydrogen-bond donors (Lipinski definition) is 2. The van der Waals surface area contributed by atoms with E-state index < -0.39 is 0 Å². The monoisotopic (exact) mass is 237 g/mol. The summed E-state index contributed by atoms with van der Waals surface area (Å²) in [6.07, 6.45) is 5.66. The molecule has 4 heteroatoms. The summed E-state index contributed by atoms with van der Waals surface area (Å²) in [5.74, 6) is 0. The molecule has 0 aromatic carbocycles. The van der Waals surface area contributed by atoms with E-state index in [2.05, 4.69) is 18.9 Å². The summed E-state index contributed by atoms with van der Waals surface area (Å²) in [6.45, 7) is 4.16. The molecule has 1 aliphatic carbocycles. The third-order valence-electron chi connectivity index (χ3n) is 3.80. The molecular weight excluding hydrogens is 214 g/mol. The minimum absolute atomic E-state index is 0.126. The predicted octanol–water partition coefficient (Wildman–Crippen LogP) is 2.07. The number of aryl methyl sites for hydroxylation is 1. The van der Waals surface area contributed by atoms with Crippen molar-refractivity contribution in [1.82, 2.24) is 9.78 Å². The smallest absolute Gasteiger partial charge is 0.0854 e. The van der Waals surface area contributed by atoms with E-state index in [1.165, 1.54) is 6.42 Å². The zero-order chi connectivity index (χ0) is 12.4. The van der Waals surface area contributed by atoms with Crippen LogP contribution in [0.15, 0.2) is 0 Å². The molecule has 1 aliphatic rings. The molecule has 0 amide bonds. The second-order valence-electron chi connectivity index (χ2n) is 4.88. The molecule has 1 aromatic heterocycles. The zero-order valence-corrected chi connectivity index (χ0v) is 10.8. The van der Waals surface area contributed by atoms with Crippen LogP contribution in [-0.4, -0.2) is 21.0 Å². The van der Waals surface area contributed by atoms with Crippen LogP contribution >= 0.6 is 0 Å². The fraction of sp³-hybridized carbons (Fsp3) is 0.769. The number of aliphatic hydroxyl groups excluding tert-OH is 1. The van der Waals surface area contributed by atoms with E-state index in [0.29, 0.717) is 0 Å². The third kappa shape index (κ3) is 2.18. The van der Waals surface area contributed by atoms with E-state index in [1.54, 1.807) is 0 Å². The zero-order valence-electron chi connectivity index (χ0n) is 10.8. The van der Waals surface area contributed by atoms with E-state index >= 15 is 0 Å². The number of rotatable bonds is 3. The quantitative estimate of drug-likeness (QED) is 0.845. The molecule has 1 fully saturated rings. The van der Waals surface area contributed by atoms with E-state index in [1.807, 2.05) is 4.68 Å². The van der Waals surface area contributed by atoms with E-state index in [-0.39, 0.29) is 12.1 Å². The Kier molecular flexibility index (Phi) is 3.72. The average molecular weight is 237 g/mol. The number of nitrogen functional groups attached to an aromatic ring is 1. The summed E-state index contributed by atoms with van der Waals surface area (Å²) in [5, 5.41) is 14.7. The van der Waals surface area contributed by atoms with Gasteiger partial charge in [-0.25, -0.2) is 0 Å². The Morgan fingerprint density at radius 3 is 2.59 bits per heavy atom. The first-order chi connectivity index (χ1) is 8.19. The summed E-state index contributed by atoms with van der Waals surface area (Å²) in [6, 6.07) is 0.126. The maximum Gasteiger partial charge on any atom is 0.0854 e. The lowest BCUT2D eigenvalue weighted by molar-refractivity contribution is 0.0679. The average Bonchev–Trinajstić information content (AvgIpc) is 2.66. The van der Waals surface area contributed by atoms with Gasteiger partial charge in [0.2, 0.25) is 0 Å². The number of aromatic nitrogens is 2. The molecule has 1 aromatic rings. The predicted molar refractivity (Wildman–Crippen MR) is 68.9 cm³/mol. The van der Waals surface area contributed by atoms with Crippen molar-refractivity contribution < 1.29 is 5.11 Å². The highest BCUT2D eigenvalue weighted by Crippen LogP contribution is 2.32. The van der Waals surface area contributed by atoms with Gasteiger partial charge in [-0.15, -0.1) is 0 Å². The Morgan fingerprint density at radius 1 is 1.29 bits per heavy atom. The van der Waals surface area contributed by atoms with Crippen molar-refractivity contribution >= 4 is 5.69 Å². The lowest BCUT2D eigenvalue weighted by Crippen LogP contribution is -2.29. The van der Waals surface area contributed by atoms with Gasteiger partial charge in [-0.05, 0) is 25.7 Å². The minimum atomic E-state index is -0.266. The van der Waals surface area contributed by atoms with E-state index in [4.69, 9.17) is 5.73 Å². The Bertz CT molecular complexity index is 386. The first-order valence-electron chi connectivity index (χ1n) is 6.72. The molecule has 2 rings (SSSR count). The third-order valence-corrected chi connectivity index (χ3v) is 3.80. The van der Waals surface area contributed by atoms with Crippen LogP contribution in [-0.2, 0) is 12.8 Å². The molecule has 2 unspecified atom stereocenters. The summed E-state index contributed by atoms with van der Waals surface area (Å²) >= 11 is 0. The Balaban J connectivity index is 2.36. The largest absolute Gasteiger partial charge is 0.396 e. The van der Waals surface area contributed by atoms with Gasteiger partial charge < -0.3 is 10.8 Å². The summed E-state index contributed by atoms with van der Waals surface area (Å²) in [5.41, 5.74) is 9.00. The van der Waals surface area contributed by atoms with Gasteiger partial charge in [0.1, 0.15) is 0 Å². The molecule has 0 bridgehead atoms. The van der Waals surface area contributed by atoms with Crippen LogP contribution in [0, 0.1) is 0 Å². The van der Waals surface area contributed by atoms with Crippen LogP contribution in [0.3, 0.4) is 0 Å². The molecule has 0 aliphatic heterocycles. The van der Waals surface area contributed by atoms with Crippen LogP contribution in [0.4, 0.5) is 5.69 Å². The second-order valence-corrected chi connectivity index (χ2v) is 4.88. The van der Waals surface area contributed by atoms with Gasteiger partial charge in [-0.3, -0.25) is 4.68 Å². The molecule has 96 valence electrons. The van der Waals surface area contributed by atoms with Crippen LogP contribution < -0.4 is 5.73 Å². The van der Waals surface area contributed by atoms with E-state index in [0.717, 1.165) is 49.2 Å². The number of hydrogen-bond acceptors (Lipinski definition) is 3. The number of nitrogens with zero attached hydrogens (tertiary/aromatic N) is 2. The molecule has 4 nitrogen and oxygen atoms in total. The highest BCUT2D eigenvalue weighted by Gasteiger charge is 2.28. The van der Waals surface area contributed by atoms with Crippen molar-refractivity contribution in [3.63, 3.8) is 0 Å². The van der Waals surface area contributed by atoms with Crippen LogP contribution in [0.1, 0.15) is 57.0 Å². The summed E-state index contributed by atoms with van der Waals surface area (Å²) < 4.78 is 2.00. The van der Waals surface area contributed by atoms with Crippen molar-refractivity contribution in [1.29, 1.82) is 0 Å². The highest BCUT2D eigenvalue weighted by atomic mass is 16.3. The maximum atomic E-state index is 10.1. The van der Waals surface area contributed by atoms with Gasteiger partial charge in [0.05, 0.1) is 29.2 Å². The minimum Gasteiger partial charge on any atom is -0.396 e. The lowest BCUT2D eigenvalue weighted by atomic mass is 9.92. The Labute approximate surface area is 103 Å². The van der Waals surface area contributed by atoms with Crippen LogP contribution in [0.5, 0.6) is 0 Å². The maximum absolute atomic E-state index is 10.1. The lowest BCUT2D eigenvalue weighted by Gasteiger charge is -2.29. The van der Waals surface area contributed by atoms with Crippen molar-refractivity contribution in [2.45, 2.75) is 64.5 Å². The van der Waals surface area contributed by atoms with Crippen LogP contribution in [0.25, 0.3) is 0 Å². The Hall–Kier alpha value is -1.03. The fourth-order valence-electron chi connectivity index (χ4n) is 2.80. The molecule has 1 heterocycles.